The molecule has 21 aromatic rings. The highest BCUT2D eigenvalue weighted by molar-refractivity contribution is 6.00. The van der Waals surface area contributed by atoms with Crippen molar-refractivity contribution in [3.8, 4) is 146 Å². The SMILES string of the molecule is CC1(C)c2cc(-c3cc(-c4ccc(-c5nc6ccccc6o5)cc4)cc(-c4ccc(-c5nc6ccccc6o5)cc4)c3)ccc2-c2ccc3ccccc3c21.c1ccc2c(c1)-c1ccccc1C21c2ccccc2-c2ccc(-c3cc(-c4ccc(-c5nc6ccccc6o5)cc4)cc(-c4ccc(-c5nc6ccccc6o5)cc4)c3)cc21. The van der Waals surface area contributed by atoms with Crippen LogP contribution in [0.25, 0.3) is 201 Å². The third kappa shape index (κ3) is 10.8. The largest absolute Gasteiger partial charge is 0.436 e. The minimum Gasteiger partial charge on any atom is -0.436 e. The molecule has 8 nitrogen and oxygen atoms in total. The van der Waals surface area contributed by atoms with Crippen molar-refractivity contribution in [3.63, 3.8) is 0 Å². The number of hydrogen-bond acceptors (Lipinski definition) is 8. The fraction of sp³-hybridized carbons (Fsp3) is 0.0370. The first-order valence-corrected chi connectivity index (χ1v) is 39.4. The van der Waals surface area contributed by atoms with Gasteiger partial charge in [-0.05, 0) is 290 Å². The van der Waals surface area contributed by atoms with Crippen LogP contribution in [0.2, 0.25) is 0 Å². The summed E-state index contributed by atoms with van der Waals surface area (Å²) < 4.78 is 24.4. The summed E-state index contributed by atoms with van der Waals surface area (Å²) in [6.45, 7) is 4.74. The maximum atomic E-state index is 6.13. The molecule has 3 aliphatic carbocycles. The second-order valence-electron chi connectivity index (χ2n) is 31.1. The minimum absolute atomic E-state index is 0.150. The lowest BCUT2D eigenvalue weighted by molar-refractivity contribution is 0.619. The molecule has 4 heterocycles. The first-order chi connectivity index (χ1) is 57.1. The number of aromatic nitrogens is 4. The molecule has 0 radical (unpaired) electrons. The van der Waals surface area contributed by atoms with Crippen molar-refractivity contribution in [2.24, 2.45) is 0 Å². The van der Waals surface area contributed by atoms with Crippen molar-refractivity contribution < 1.29 is 17.7 Å². The Morgan fingerprint density at radius 2 is 0.466 bits per heavy atom. The molecule has 17 aromatic carbocycles. The zero-order chi connectivity index (χ0) is 76.7. The fourth-order valence-corrected chi connectivity index (χ4v) is 18.5. The van der Waals surface area contributed by atoms with Crippen LogP contribution in [0.3, 0.4) is 0 Å². The molecule has 1 spiro atoms. The van der Waals surface area contributed by atoms with Gasteiger partial charge in [-0.2, -0.15) is 0 Å². The number of para-hydroxylation sites is 8. The van der Waals surface area contributed by atoms with Crippen LogP contribution in [0, 0.1) is 0 Å². The molecular weight excluding hydrogens is 1420 g/mol. The van der Waals surface area contributed by atoms with Crippen LogP contribution in [-0.4, -0.2) is 19.9 Å². The van der Waals surface area contributed by atoms with Crippen molar-refractivity contribution in [1.82, 2.24) is 19.9 Å². The highest BCUT2D eigenvalue weighted by Crippen LogP contribution is 2.63. The summed E-state index contributed by atoms with van der Waals surface area (Å²) in [5, 5.41) is 2.61. The lowest BCUT2D eigenvalue weighted by Gasteiger charge is -2.30. The lowest BCUT2D eigenvalue weighted by Crippen LogP contribution is -2.25. The Balaban J connectivity index is 0.000000138. The molecule has 4 aromatic heterocycles. The lowest BCUT2D eigenvalue weighted by atomic mass is 9.70. The summed E-state index contributed by atoms with van der Waals surface area (Å²) in [5.74, 6) is 2.47. The van der Waals surface area contributed by atoms with Gasteiger partial charge in [0, 0.05) is 27.7 Å². The number of nitrogens with zero attached hydrogens (tertiary/aromatic N) is 4. The van der Waals surface area contributed by atoms with Crippen molar-refractivity contribution in [2.45, 2.75) is 24.7 Å². The zero-order valence-corrected chi connectivity index (χ0v) is 63.2. The van der Waals surface area contributed by atoms with Gasteiger partial charge in [-0.25, -0.2) is 19.9 Å². The third-order valence-corrected chi connectivity index (χ3v) is 24.1. The van der Waals surface area contributed by atoms with Gasteiger partial charge >= 0.3 is 0 Å². The second kappa shape index (κ2) is 26.2. The van der Waals surface area contributed by atoms with Crippen LogP contribution in [0.5, 0.6) is 0 Å². The predicted octanol–water partition coefficient (Wildman–Crippen LogP) is 28.4. The average molecular weight is 1490 g/mol. The fourth-order valence-electron chi connectivity index (χ4n) is 18.5. The van der Waals surface area contributed by atoms with E-state index in [2.05, 4.69) is 293 Å². The van der Waals surface area contributed by atoms with Crippen LogP contribution >= 0.6 is 0 Å². The molecular formula is C108H68N4O4. The topological polar surface area (TPSA) is 104 Å². The van der Waals surface area contributed by atoms with Gasteiger partial charge in [-0.3, -0.25) is 0 Å². The van der Waals surface area contributed by atoms with Gasteiger partial charge in [0.25, 0.3) is 0 Å². The van der Waals surface area contributed by atoms with Crippen molar-refractivity contribution >= 4 is 55.2 Å². The van der Waals surface area contributed by atoms with E-state index in [1.54, 1.807) is 0 Å². The van der Waals surface area contributed by atoms with E-state index >= 15 is 0 Å². The molecule has 0 unspecified atom stereocenters. The third-order valence-electron chi connectivity index (χ3n) is 24.1. The molecule has 0 N–H and O–H groups in total. The van der Waals surface area contributed by atoms with Crippen LogP contribution in [-0.2, 0) is 10.8 Å². The molecule has 0 saturated heterocycles. The quantitative estimate of drug-likeness (QED) is 0.133. The Morgan fingerprint density at radius 1 is 0.198 bits per heavy atom. The van der Waals surface area contributed by atoms with Crippen LogP contribution in [0.15, 0.2) is 394 Å². The Kier molecular flexibility index (Phi) is 15.1. The van der Waals surface area contributed by atoms with Gasteiger partial charge in [0.2, 0.25) is 23.6 Å². The van der Waals surface area contributed by atoms with E-state index in [9.17, 15) is 0 Å². The Morgan fingerprint density at radius 3 is 0.828 bits per heavy atom. The van der Waals surface area contributed by atoms with Crippen LogP contribution < -0.4 is 0 Å². The standard InChI is InChI=1S/C57H34N2O2.C51H34N2O2/c1-4-14-47-43(11-1)44-12-2-5-15-48(44)57(47)49-16-6-3-13-45(49)46-30-29-39(34-50(46)57)42-32-40(35-21-25-37(26-22-35)55-58-51-17-7-9-19-53(51)60-55)31-41(33-42)36-23-27-38(28-24-36)56-59-52-18-8-10-20-54(52)61-56;1-51(2)43-30-36(24-25-41(43)42-26-23-33-9-3-4-10-40(33)48(42)51)39-28-37(31-15-19-34(20-16-31)49-52-44-11-5-7-13-46(44)54-49)27-38(29-39)32-17-21-35(22-18-32)50-53-45-12-6-8-14-47(45)55-50/h1-34H;3-30H,1-2H3. The molecule has 3 aliphatic rings. The van der Waals surface area contributed by atoms with E-state index in [1.165, 1.54) is 88.7 Å². The van der Waals surface area contributed by atoms with Crippen molar-refractivity contribution in [1.29, 1.82) is 0 Å². The smallest absolute Gasteiger partial charge is 0.227 e. The summed E-state index contributed by atoms with van der Waals surface area (Å²) in [6, 6.07) is 134. The van der Waals surface area contributed by atoms with E-state index in [4.69, 9.17) is 37.6 Å². The number of fused-ring (bicyclic) bond motifs is 19. The van der Waals surface area contributed by atoms with Crippen molar-refractivity contribution in [2.75, 3.05) is 0 Å². The van der Waals surface area contributed by atoms with Gasteiger partial charge in [-0.15, -0.1) is 0 Å². The Labute approximate surface area is 668 Å². The number of hydrogen-bond donors (Lipinski definition) is 0. The van der Waals surface area contributed by atoms with E-state index in [1.807, 2.05) is 97.1 Å². The molecule has 0 fully saturated rings. The molecule has 8 heteroatoms. The summed E-state index contributed by atoms with van der Waals surface area (Å²) in [5.41, 5.74) is 39.3. The molecule has 0 saturated carbocycles. The zero-order valence-electron chi connectivity index (χ0n) is 63.2. The predicted molar refractivity (Wildman–Crippen MR) is 469 cm³/mol. The maximum Gasteiger partial charge on any atom is 0.227 e. The highest BCUT2D eigenvalue weighted by Gasteiger charge is 2.51. The Hall–Kier alpha value is -15.1. The normalized spacial score (nSPS) is 13.1. The molecule has 0 bridgehead atoms. The summed E-state index contributed by atoms with van der Waals surface area (Å²) in [7, 11) is 0. The summed E-state index contributed by atoms with van der Waals surface area (Å²) in [4.78, 5) is 19.0. The second-order valence-corrected chi connectivity index (χ2v) is 31.1. The molecule has 544 valence electrons. The molecule has 0 amide bonds. The summed E-state index contributed by atoms with van der Waals surface area (Å²) >= 11 is 0. The summed E-state index contributed by atoms with van der Waals surface area (Å²) in [6.07, 6.45) is 0. The molecule has 0 aliphatic heterocycles. The first kappa shape index (κ1) is 66.6. The van der Waals surface area contributed by atoms with Gasteiger partial charge in [-0.1, -0.05) is 244 Å². The highest BCUT2D eigenvalue weighted by atomic mass is 16.4. The number of rotatable bonds is 10. The van der Waals surface area contributed by atoms with Gasteiger partial charge in [0.1, 0.15) is 22.1 Å². The van der Waals surface area contributed by atoms with Gasteiger partial charge in [0.15, 0.2) is 22.3 Å². The Bertz CT molecular complexity index is 7080. The van der Waals surface area contributed by atoms with Crippen LogP contribution in [0.4, 0.5) is 0 Å². The van der Waals surface area contributed by atoms with Gasteiger partial charge < -0.3 is 17.7 Å². The first-order valence-electron chi connectivity index (χ1n) is 39.4. The van der Waals surface area contributed by atoms with Crippen LogP contribution in [0.1, 0.15) is 47.2 Å². The van der Waals surface area contributed by atoms with E-state index in [0.29, 0.717) is 23.6 Å². The van der Waals surface area contributed by atoms with Gasteiger partial charge in [0.05, 0.1) is 5.41 Å². The van der Waals surface area contributed by atoms with E-state index in [0.717, 1.165) is 122 Å². The molecule has 24 rings (SSSR count). The molecule has 116 heavy (non-hydrogen) atoms. The number of benzene rings is 17. The van der Waals surface area contributed by atoms with E-state index < -0.39 is 5.41 Å². The monoisotopic (exact) mass is 1480 g/mol. The maximum absolute atomic E-state index is 6.13. The van der Waals surface area contributed by atoms with Crippen molar-refractivity contribution in [3.05, 3.63) is 409 Å². The number of oxazole rings is 4. The van der Waals surface area contributed by atoms with E-state index in [-0.39, 0.29) is 5.41 Å². The molecule has 0 atom stereocenters. The minimum atomic E-state index is -0.420. The average Bonchev–Trinajstić information content (AvgIpc) is 1.51.